The van der Waals surface area contributed by atoms with Crippen molar-refractivity contribution >= 4 is 45.9 Å². The molecule has 1 heterocycles. The highest BCUT2D eigenvalue weighted by Crippen LogP contribution is 2.17. The quantitative estimate of drug-likeness (QED) is 0.214. The molecule has 5 nitrogen and oxygen atoms in total. The Labute approximate surface area is 189 Å². The zero-order valence-electron chi connectivity index (χ0n) is 16.5. The molecule has 0 radical (unpaired) electrons. The lowest BCUT2D eigenvalue weighted by atomic mass is 10.0. The predicted octanol–water partition coefficient (Wildman–Crippen LogP) is 4.30. The molecule has 27 heavy (non-hydrogen) atoms. The third-order valence-electron chi connectivity index (χ3n) is 4.46. The van der Waals surface area contributed by atoms with Gasteiger partial charge in [-0.3, -0.25) is 4.99 Å². The van der Waals surface area contributed by atoms with Gasteiger partial charge >= 0.3 is 0 Å². The van der Waals surface area contributed by atoms with Crippen LogP contribution in [0.4, 0.5) is 0 Å². The van der Waals surface area contributed by atoms with Gasteiger partial charge in [-0.05, 0) is 43.7 Å². The summed E-state index contributed by atoms with van der Waals surface area (Å²) < 4.78 is 12.3. The van der Waals surface area contributed by atoms with E-state index in [1.54, 1.807) is 0 Å². The Hall–Kier alpha value is -0.380. The molecule has 1 N–H and O–H groups in total. The molecule has 0 bridgehead atoms. The van der Waals surface area contributed by atoms with Gasteiger partial charge in [-0.25, -0.2) is 0 Å². The molecule has 1 aromatic rings. The van der Waals surface area contributed by atoms with E-state index in [1.165, 1.54) is 5.56 Å². The van der Waals surface area contributed by atoms with Crippen molar-refractivity contribution in [3.8, 4) is 0 Å². The van der Waals surface area contributed by atoms with E-state index in [9.17, 15) is 0 Å². The number of benzene rings is 1. The Morgan fingerprint density at radius 3 is 2.78 bits per heavy atom. The van der Waals surface area contributed by atoms with Crippen LogP contribution < -0.4 is 5.32 Å². The summed E-state index contributed by atoms with van der Waals surface area (Å²) in [6.45, 7) is 7.94. The lowest BCUT2D eigenvalue weighted by Crippen LogP contribution is -2.38. The molecular formula is C20H33BrIN3O2. The monoisotopic (exact) mass is 553 g/mol. The van der Waals surface area contributed by atoms with Gasteiger partial charge in [0, 0.05) is 57.6 Å². The zero-order chi connectivity index (χ0) is 18.6. The van der Waals surface area contributed by atoms with Gasteiger partial charge in [0.05, 0.1) is 0 Å². The summed E-state index contributed by atoms with van der Waals surface area (Å²) >= 11 is 3.62. The van der Waals surface area contributed by atoms with Gasteiger partial charge in [0.1, 0.15) is 0 Å². The maximum Gasteiger partial charge on any atom is 0.193 e. The molecule has 1 aliphatic rings. The van der Waals surface area contributed by atoms with E-state index in [-0.39, 0.29) is 24.0 Å². The fourth-order valence-electron chi connectivity index (χ4n) is 2.94. The van der Waals surface area contributed by atoms with Crippen LogP contribution in [0.25, 0.3) is 0 Å². The molecule has 0 saturated carbocycles. The summed E-state index contributed by atoms with van der Waals surface area (Å²) in [6.07, 6.45) is 3.20. The highest BCUT2D eigenvalue weighted by atomic mass is 127. The van der Waals surface area contributed by atoms with Gasteiger partial charge in [0.2, 0.25) is 0 Å². The molecule has 1 fully saturated rings. The van der Waals surface area contributed by atoms with E-state index in [2.05, 4.69) is 58.3 Å². The molecule has 1 aromatic carbocycles. The number of rotatable bonds is 9. The SMILES string of the molecule is CCNC(=NCCCOCC1CCOCC1)N(C)Cc1ccccc1Br.I. The molecule has 2 rings (SSSR count). The van der Waals surface area contributed by atoms with E-state index in [4.69, 9.17) is 14.5 Å². The molecule has 0 aliphatic carbocycles. The minimum absolute atomic E-state index is 0. The van der Waals surface area contributed by atoms with Crippen molar-refractivity contribution in [1.82, 2.24) is 10.2 Å². The average Bonchev–Trinajstić information content (AvgIpc) is 2.66. The fourth-order valence-corrected chi connectivity index (χ4v) is 3.35. The predicted molar refractivity (Wildman–Crippen MR) is 126 cm³/mol. The van der Waals surface area contributed by atoms with Crippen LogP contribution in [0.2, 0.25) is 0 Å². The molecule has 7 heteroatoms. The van der Waals surface area contributed by atoms with E-state index >= 15 is 0 Å². The second-order valence-electron chi connectivity index (χ2n) is 6.67. The van der Waals surface area contributed by atoms with E-state index in [0.29, 0.717) is 5.92 Å². The largest absolute Gasteiger partial charge is 0.381 e. The Morgan fingerprint density at radius 2 is 2.07 bits per heavy atom. The first-order chi connectivity index (χ1) is 12.7. The van der Waals surface area contributed by atoms with Crippen LogP contribution in [-0.4, -0.2) is 57.4 Å². The normalized spacial score (nSPS) is 15.3. The first kappa shape index (κ1) is 24.7. The summed E-state index contributed by atoms with van der Waals surface area (Å²) in [7, 11) is 2.07. The number of aliphatic imine (C=N–C) groups is 1. The molecule has 0 unspecified atom stereocenters. The first-order valence-corrected chi connectivity index (χ1v) is 10.4. The average molecular weight is 554 g/mol. The first-order valence-electron chi connectivity index (χ1n) is 9.59. The Morgan fingerprint density at radius 1 is 1.33 bits per heavy atom. The third kappa shape index (κ3) is 9.58. The maximum absolute atomic E-state index is 5.82. The van der Waals surface area contributed by atoms with Gasteiger partial charge in [0.15, 0.2) is 5.96 Å². The van der Waals surface area contributed by atoms with Crippen molar-refractivity contribution in [1.29, 1.82) is 0 Å². The van der Waals surface area contributed by atoms with Crippen molar-refractivity contribution in [3.05, 3.63) is 34.3 Å². The number of hydrogen-bond acceptors (Lipinski definition) is 3. The van der Waals surface area contributed by atoms with Crippen molar-refractivity contribution < 1.29 is 9.47 Å². The smallest absolute Gasteiger partial charge is 0.193 e. The van der Waals surface area contributed by atoms with Gasteiger partial charge in [-0.15, -0.1) is 24.0 Å². The lowest BCUT2D eigenvalue weighted by Gasteiger charge is -2.23. The molecule has 154 valence electrons. The lowest BCUT2D eigenvalue weighted by molar-refractivity contribution is 0.0205. The van der Waals surface area contributed by atoms with Crippen LogP contribution in [0, 0.1) is 5.92 Å². The maximum atomic E-state index is 5.82. The number of nitrogens with zero attached hydrogens (tertiary/aromatic N) is 2. The number of ether oxygens (including phenoxy) is 2. The molecule has 0 spiro atoms. The number of nitrogens with one attached hydrogen (secondary N) is 1. The summed E-state index contributed by atoms with van der Waals surface area (Å²) in [5.41, 5.74) is 1.25. The van der Waals surface area contributed by atoms with Crippen molar-refractivity contribution in [3.63, 3.8) is 0 Å². The van der Waals surface area contributed by atoms with E-state index in [1.807, 2.05) is 6.07 Å². The highest BCUT2D eigenvalue weighted by molar-refractivity contribution is 14.0. The highest BCUT2D eigenvalue weighted by Gasteiger charge is 2.13. The van der Waals surface area contributed by atoms with Crippen LogP contribution in [0.1, 0.15) is 31.7 Å². The summed E-state index contributed by atoms with van der Waals surface area (Å²) in [5.74, 6) is 1.60. The van der Waals surface area contributed by atoms with Gasteiger partial charge in [-0.1, -0.05) is 34.1 Å². The van der Waals surface area contributed by atoms with Gasteiger partial charge < -0.3 is 19.7 Å². The minimum atomic E-state index is 0. The van der Waals surface area contributed by atoms with Crippen molar-refractivity contribution in [2.24, 2.45) is 10.9 Å². The number of hydrogen-bond donors (Lipinski definition) is 1. The fraction of sp³-hybridized carbons (Fsp3) is 0.650. The third-order valence-corrected chi connectivity index (χ3v) is 5.24. The van der Waals surface area contributed by atoms with Crippen LogP contribution >= 0.6 is 39.9 Å². The topological polar surface area (TPSA) is 46.1 Å². The van der Waals surface area contributed by atoms with Crippen LogP contribution in [0.3, 0.4) is 0 Å². The van der Waals surface area contributed by atoms with E-state index < -0.39 is 0 Å². The Balaban J connectivity index is 0.00000364. The number of halogens is 2. The molecule has 1 aliphatic heterocycles. The molecule has 0 atom stereocenters. The molecule has 0 amide bonds. The standard InChI is InChI=1S/C20H32BrN3O2.HI/c1-3-22-20(24(2)15-18-7-4-5-8-19(18)21)23-11-6-12-26-16-17-9-13-25-14-10-17;/h4-5,7-8,17H,3,6,9-16H2,1-2H3,(H,22,23);1H. The van der Waals surface area contributed by atoms with Crippen molar-refractivity contribution in [2.75, 3.05) is 46.6 Å². The molecular weight excluding hydrogens is 521 g/mol. The summed E-state index contributed by atoms with van der Waals surface area (Å²) in [4.78, 5) is 6.90. The van der Waals surface area contributed by atoms with Crippen molar-refractivity contribution in [2.45, 2.75) is 32.7 Å². The summed E-state index contributed by atoms with van der Waals surface area (Å²) in [5, 5.41) is 3.37. The second-order valence-corrected chi connectivity index (χ2v) is 7.52. The summed E-state index contributed by atoms with van der Waals surface area (Å²) in [6, 6.07) is 8.30. The second kappa shape index (κ2) is 14.6. The minimum Gasteiger partial charge on any atom is -0.381 e. The zero-order valence-corrected chi connectivity index (χ0v) is 20.4. The molecule has 1 saturated heterocycles. The molecule has 0 aromatic heterocycles. The van der Waals surface area contributed by atoms with Crippen LogP contribution in [0.5, 0.6) is 0 Å². The van der Waals surface area contributed by atoms with Gasteiger partial charge in [0.25, 0.3) is 0 Å². The van der Waals surface area contributed by atoms with Gasteiger partial charge in [-0.2, -0.15) is 0 Å². The Bertz CT molecular complexity index is 554. The van der Waals surface area contributed by atoms with Crippen LogP contribution in [0.15, 0.2) is 33.7 Å². The Kier molecular flexibility index (Phi) is 13.3. The van der Waals surface area contributed by atoms with E-state index in [0.717, 1.165) is 75.8 Å². The van der Waals surface area contributed by atoms with Crippen LogP contribution in [-0.2, 0) is 16.0 Å². The number of guanidine groups is 1.